The zero-order chi connectivity index (χ0) is 17.5. The van der Waals surface area contributed by atoms with Crippen molar-refractivity contribution < 1.29 is 4.79 Å². The van der Waals surface area contributed by atoms with Crippen LogP contribution in [0.25, 0.3) is 0 Å². The smallest absolute Gasteiger partial charge is 0.263 e. The molecular formula is C16H17N7O2. The largest absolute Gasteiger partial charge is 0.352 e. The number of nitrogens with zero attached hydrogens (tertiary/aromatic N) is 5. The van der Waals surface area contributed by atoms with E-state index in [1.807, 2.05) is 18.2 Å². The van der Waals surface area contributed by atoms with Crippen molar-refractivity contribution in [2.75, 3.05) is 6.54 Å². The molecule has 0 atom stereocenters. The first-order chi connectivity index (χ1) is 12.2. The van der Waals surface area contributed by atoms with Crippen LogP contribution in [0.2, 0.25) is 0 Å². The molecule has 0 saturated heterocycles. The van der Waals surface area contributed by atoms with E-state index >= 15 is 0 Å². The predicted octanol–water partition coefficient (Wildman–Crippen LogP) is 0.167. The number of rotatable bonds is 7. The molecule has 25 heavy (non-hydrogen) atoms. The Morgan fingerprint density at radius 1 is 1.28 bits per heavy atom. The molecule has 3 heterocycles. The van der Waals surface area contributed by atoms with Gasteiger partial charge in [-0.3, -0.25) is 14.6 Å². The van der Waals surface area contributed by atoms with Crippen molar-refractivity contribution in [1.82, 2.24) is 35.0 Å². The standard InChI is InChI=1S/C16H17N7O2/c24-15(19-7-3-5-12-4-1-2-6-18-12)13-8-20-14(22-16(13)25)9-23-11-17-10-21-23/h1-2,4,6,8,10-11H,3,5,7,9H2,(H,19,24)(H,20,22,25). The maximum Gasteiger partial charge on any atom is 0.263 e. The lowest BCUT2D eigenvalue weighted by molar-refractivity contribution is 0.0951. The minimum absolute atomic E-state index is 0.0137. The van der Waals surface area contributed by atoms with Crippen LogP contribution < -0.4 is 10.9 Å². The normalized spacial score (nSPS) is 10.6. The Morgan fingerprint density at radius 3 is 2.92 bits per heavy atom. The lowest BCUT2D eigenvalue weighted by Gasteiger charge is -2.05. The van der Waals surface area contributed by atoms with E-state index in [1.54, 1.807) is 6.20 Å². The van der Waals surface area contributed by atoms with Crippen molar-refractivity contribution in [3.63, 3.8) is 0 Å². The molecule has 3 rings (SSSR count). The Morgan fingerprint density at radius 2 is 2.20 bits per heavy atom. The fourth-order valence-electron chi connectivity index (χ4n) is 2.25. The fraction of sp³-hybridized carbons (Fsp3) is 0.250. The summed E-state index contributed by atoms with van der Waals surface area (Å²) in [7, 11) is 0. The van der Waals surface area contributed by atoms with Gasteiger partial charge < -0.3 is 10.3 Å². The van der Waals surface area contributed by atoms with Gasteiger partial charge in [-0.25, -0.2) is 14.6 Å². The highest BCUT2D eigenvalue weighted by Gasteiger charge is 2.11. The maximum atomic E-state index is 12.1. The molecule has 9 heteroatoms. The van der Waals surface area contributed by atoms with Gasteiger partial charge in [-0.1, -0.05) is 6.07 Å². The molecule has 0 unspecified atom stereocenters. The number of carbonyl (C=O) groups excluding carboxylic acids is 1. The molecule has 3 aromatic rings. The molecule has 128 valence electrons. The van der Waals surface area contributed by atoms with Crippen molar-refractivity contribution in [1.29, 1.82) is 0 Å². The summed E-state index contributed by atoms with van der Waals surface area (Å²) in [5, 5.41) is 6.65. The van der Waals surface area contributed by atoms with E-state index in [-0.39, 0.29) is 12.1 Å². The van der Waals surface area contributed by atoms with E-state index in [2.05, 4.69) is 30.4 Å². The lowest BCUT2D eigenvalue weighted by atomic mass is 10.2. The van der Waals surface area contributed by atoms with Crippen molar-refractivity contribution in [3.05, 3.63) is 70.7 Å². The number of aromatic amines is 1. The lowest BCUT2D eigenvalue weighted by Crippen LogP contribution is -2.31. The summed E-state index contributed by atoms with van der Waals surface area (Å²) in [4.78, 5) is 38.9. The Labute approximate surface area is 143 Å². The third kappa shape index (κ3) is 4.56. The zero-order valence-electron chi connectivity index (χ0n) is 13.4. The molecule has 9 nitrogen and oxygen atoms in total. The van der Waals surface area contributed by atoms with Crippen LogP contribution >= 0.6 is 0 Å². The summed E-state index contributed by atoms with van der Waals surface area (Å²) in [6, 6.07) is 5.72. The van der Waals surface area contributed by atoms with E-state index in [4.69, 9.17) is 0 Å². The second kappa shape index (κ2) is 7.95. The zero-order valence-corrected chi connectivity index (χ0v) is 13.4. The van der Waals surface area contributed by atoms with Crippen LogP contribution in [0.15, 0.2) is 48.0 Å². The molecule has 0 radical (unpaired) electrons. The summed E-state index contributed by atoms with van der Waals surface area (Å²) in [6.45, 7) is 0.733. The van der Waals surface area contributed by atoms with Crippen LogP contribution in [0, 0.1) is 0 Å². The number of nitrogens with one attached hydrogen (secondary N) is 2. The van der Waals surface area contributed by atoms with E-state index < -0.39 is 11.5 Å². The van der Waals surface area contributed by atoms with Gasteiger partial charge in [-0.15, -0.1) is 0 Å². The van der Waals surface area contributed by atoms with Gasteiger partial charge in [0.25, 0.3) is 11.5 Å². The summed E-state index contributed by atoms with van der Waals surface area (Å²) in [6.07, 6.45) is 7.41. The van der Waals surface area contributed by atoms with E-state index in [1.165, 1.54) is 23.5 Å². The maximum absolute atomic E-state index is 12.1. The van der Waals surface area contributed by atoms with Crippen LogP contribution in [-0.2, 0) is 13.0 Å². The van der Waals surface area contributed by atoms with Gasteiger partial charge in [0.1, 0.15) is 30.6 Å². The molecule has 0 fully saturated rings. The highest BCUT2D eigenvalue weighted by atomic mass is 16.2. The van der Waals surface area contributed by atoms with Crippen molar-refractivity contribution in [3.8, 4) is 0 Å². The monoisotopic (exact) mass is 339 g/mol. The van der Waals surface area contributed by atoms with Crippen LogP contribution in [-0.4, -0.2) is 42.2 Å². The topological polar surface area (TPSA) is 118 Å². The number of aromatic nitrogens is 6. The number of aryl methyl sites for hydroxylation is 1. The summed E-state index contributed by atoms with van der Waals surface area (Å²) >= 11 is 0. The van der Waals surface area contributed by atoms with Crippen molar-refractivity contribution in [2.45, 2.75) is 19.4 Å². The second-order valence-electron chi connectivity index (χ2n) is 5.35. The molecule has 0 aliphatic carbocycles. The van der Waals surface area contributed by atoms with Gasteiger partial charge in [0, 0.05) is 24.6 Å². The Kier molecular flexibility index (Phi) is 5.25. The minimum Gasteiger partial charge on any atom is -0.352 e. The van der Waals surface area contributed by atoms with Crippen molar-refractivity contribution >= 4 is 5.91 Å². The number of hydrogen-bond donors (Lipinski definition) is 2. The van der Waals surface area contributed by atoms with Gasteiger partial charge in [0.05, 0.1) is 0 Å². The van der Waals surface area contributed by atoms with Gasteiger partial charge in [0.2, 0.25) is 0 Å². The van der Waals surface area contributed by atoms with E-state index in [9.17, 15) is 9.59 Å². The van der Waals surface area contributed by atoms with Gasteiger partial charge >= 0.3 is 0 Å². The molecule has 0 aromatic carbocycles. The summed E-state index contributed by atoms with van der Waals surface area (Å²) < 4.78 is 1.52. The average Bonchev–Trinajstić information content (AvgIpc) is 3.12. The Hall–Kier alpha value is -3.36. The third-order valence-corrected chi connectivity index (χ3v) is 3.50. The molecule has 1 amide bonds. The molecular weight excluding hydrogens is 322 g/mol. The first-order valence-electron chi connectivity index (χ1n) is 7.81. The molecule has 0 aliphatic rings. The van der Waals surface area contributed by atoms with Crippen LogP contribution in [0.5, 0.6) is 0 Å². The second-order valence-corrected chi connectivity index (χ2v) is 5.35. The quantitative estimate of drug-likeness (QED) is 0.592. The Balaban J connectivity index is 1.52. The first-order valence-corrected chi connectivity index (χ1v) is 7.81. The molecule has 2 N–H and O–H groups in total. The number of amides is 1. The molecule has 3 aromatic heterocycles. The van der Waals surface area contributed by atoms with Crippen LogP contribution in [0.1, 0.15) is 28.3 Å². The minimum atomic E-state index is -0.479. The number of hydrogen-bond acceptors (Lipinski definition) is 6. The van der Waals surface area contributed by atoms with Crippen molar-refractivity contribution in [2.24, 2.45) is 0 Å². The number of pyridine rings is 1. The van der Waals surface area contributed by atoms with E-state index in [0.29, 0.717) is 12.4 Å². The van der Waals surface area contributed by atoms with E-state index in [0.717, 1.165) is 18.5 Å². The molecule has 0 bridgehead atoms. The van der Waals surface area contributed by atoms with Crippen LogP contribution in [0.3, 0.4) is 0 Å². The number of H-pyrrole nitrogens is 1. The van der Waals surface area contributed by atoms with Gasteiger partial charge in [-0.05, 0) is 25.0 Å². The van der Waals surface area contributed by atoms with Gasteiger partial charge in [-0.2, -0.15) is 5.10 Å². The fourth-order valence-corrected chi connectivity index (χ4v) is 2.25. The molecule has 0 spiro atoms. The highest BCUT2D eigenvalue weighted by Crippen LogP contribution is 1.98. The highest BCUT2D eigenvalue weighted by molar-refractivity contribution is 5.93. The summed E-state index contributed by atoms with van der Waals surface area (Å²) in [5.41, 5.74) is 0.473. The third-order valence-electron chi connectivity index (χ3n) is 3.50. The number of carbonyl (C=O) groups is 1. The first kappa shape index (κ1) is 16.5. The molecule has 0 aliphatic heterocycles. The average molecular weight is 339 g/mol. The predicted molar refractivity (Wildman–Crippen MR) is 88.9 cm³/mol. The molecule has 0 saturated carbocycles. The Bertz CT molecular complexity index is 875. The van der Waals surface area contributed by atoms with Crippen LogP contribution in [0.4, 0.5) is 0 Å². The van der Waals surface area contributed by atoms with Gasteiger partial charge in [0.15, 0.2) is 0 Å². The summed E-state index contributed by atoms with van der Waals surface area (Å²) in [5.74, 6) is -0.0377. The SMILES string of the molecule is O=C(NCCCc1ccccn1)c1cnc(Cn2cncn2)[nH]c1=O.